The normalized spacial score (nSPS) is 11.4. The summed E-state index contributed by atoms with van der Waals surface area (Å²) in [4.78, 5) is 0. The van der Waals surface area contributed by atoms with Gasteiger partial charge >= 0.3 is 0 Å². The molecule has 0 unspecified atom stereocenters. The summed E-state index contributed by atoms with van der Waals surface area (Å²) in [6.07, 6.45) is 0. The number of para-hydroxylation sites is 1. The predicted octanol–water partition coefficient (Wildman–Crippen LogP) is 4.75. The van der Waals surface area contributed by atoms with Crippen molar-refractivity contribution in [3.63, 3.8) is 0 Å². The Balaban J connectivity index is 2.27. The van der Waals surface area contributed by atoms with Gasteiger partial charge in [-0.15, -0.1) is 0 Å². The topological polar surface area (TPSA) is 44.6 Å². The lowest BCUT2D eigenvalue weighted by molar-refractivity contribution is 0.470. The molecule has 0 amide bonds. The van der Waals surface area contributed by atoms with E-state index in [0.717, 1.165) is 10.2 Å². The average molecular weight is 384 g/mol. The number of hydrogen-bond donors (Lipinski definition) is 2. The fraction of sp³-hybridized carbons (Fsp3) is 0.0714. The standard InChI is InChI=1S/C14H12Br2N2O/c1-9(17-18-11-5-3-2-4-6-11)12-7-10(15)8-13(16)14(12)19/h2-8,18-19H,1H3/b17-9+. The summed E-state index contributed by atoms with van der Waals surface area (Å²) in [6.45, 7) is 1.84. The molecule has 0 fully saturated rings. The van der Waals surface area contributed by atoms with Gasteiger partial charge < -0.3 is 5.11 Å². The average Bonchev–Trinajstić information content (AvgIpc) is 2.41. The van der Waals surface area contributed by atoms with Gasteiger partial charge in [0.1, 0.15) is 5.75 Å². The number of aromatic hydroxyl groups is 1. The van der Waals surface area contributed by atoms with Gasteiger partial charge in [0.2, 0.25) is 0 Å². The second kappa shape index (κ2) is 6.21. The quantitative estimate of drug-likeness (QED) is 0.593. The van der Waals surface area contributed by atoms with Crippen molar-refractivity contribution in [2.75, 3.05) is 5.43 Å². The van der Waals surface area contributed by atoms with Crippen molar-refractivity contribution < 1.29 is 5.11 Å². The van der Waals surface area contributed by atoms with Crippen LogP contribution in [0.3, 0.4) is 0 Å². The van der Waals surface area contributed by atoms with E-state index in [0.29, 0.717) is 15.7 Å². The van der Waals surface area contributed by atoms with Crippen LogP contribution in [0.2, 0.25) is 0 Å². The van der Waals surface area contributed by atoms with E-state index in [4.69, 9.17) is 0 Å². The van der Waals surface area contributed by atoms with Crippen molar-refractivity contribution in [2.45, 2.75) is 6.92 Å². The molecule has 98 valence electrons. The van der Waals surface area contributed by atoms with E-state index < -0.39 is 0 Å². The van der Waals surface area contributed by atoms with Gasteiger partial charge in [0.15, 0.2) is 0 Å². The summed E-state index contributed by atoms with van der Waals surface area (Å²) in [5.41, 5.74) is 5.22. The van der Waals surface area contributed by atoms with E-state index >= 15 is 0 Å². The molecule has 5 heteroatoms. The summed E-state index contributed by atoms with van der Waals surface area (Å²) < 4.78 is 1.51. The van der Waals surface area contributed by atoms with Crippen LogP contribution in [0.1, 0.15) is 12.5 Å². The second-order valence-electron chi connectivity index (χ2n) is 3.96. The van der Waals surface area contributed by atoms with Crippen LogP contribution in [0.15, 0.2) is 56.5 Å². The first kappa shape index (κ1) is 14.1. The second-order valence-corrected chi connectivity index (χ2v) is 5.73. The number of halogens is 2. The lowest BCUT2D eigenvalue weighted by atomic mass is 10.1. The molecule has 0 bridgehead atoms. The third-order valence-corrected chi connectivity index (χ3v) is 3.61. The first-order valence-electron chi connectivity index (χ1n) is 5.61. The molecule has 2 rings (SSSR count). The van der Waals surface area contributed by atoms with Crippen LogP contribution in [0.25, 0.3) is 0 Å². The number of phenolic OH excluding ortho intramolecular Hbond substituents is 1. The zero-order chi connectivity index (χ0) is 13.8. The Hall–Kier alpha value is -1.33. The number of benzene rings is 2. The minimum atomic E-state index is 0.180. The summed E-state index contributed by atoms with van der Waals surface area (Å²) in [7, 11) is 0. The molecule has 0 aliphatic carbocycles. The van der Waals surface area contributed by atoms with Crippen LogP contribution in [0.5, 0.6) is 5.75 Å². The largest absolute Gasteiger partial charge is 0.506 e. The Labute approximate surface area is 128 Å². The van der Waals surface area contributed by atoms with Crippen LogP contribution in [0.4, 0.5) is 5.69 Å². The molecule has 0 aliphatic rings. The van der Waals surface area contributed by atoms with E-state index in [-0.39, 0.29) is 5.75 Å². The van der Waals surface area contributed by atoms with Crippen LogP contribution in [-0.4, -0.2) is 10.8 Å². The molecule has 0 aliphatic heterocycles. The lowest BCUT2D eigenvalue weighted by Crippen LogP contribution is -2.00. The molecule has 3 nitrogen and oxygen atoms in total. The van der Waals surface area contributed by atoms with Crippen molar-refractivity contribution in [1.82, 2.24) is 0 Å². The van der Waals surface area contributed by atoms with Gasteiger partial charge in [-0.1, -0.05) is 34.1 Å². The maximum atomic E-state index is 10.0. The van der Waals surface area contributed by atoms with Gasteiger partial charge in [0.05, 0.1) is 15.9 Å². The van der Waals surface area contributed by atoms with E-state index in [1.54, 1.807) is 6.07 Å². The predicted molar refractivity (Wildman–Crippen MR) is 85.8 cm³/mol. The molecule has 2 aromatic rings. The molecule has 0 saturated heterocycles. The van der Waals surface area contributed by atoms with Crippen molar-refractivity contribution in [2.24, 2.45) is 5.10 Å². The highest BCUT2D eigenvalue weighted by atomic mass is 79.9. The highest BCUT2D eigenvalue weighted by Crippen LogP contribution is 2.32. The monoisotopic (exact) mass is 382 g/mol. The lowest BCUT2D eigenvalue weighted by Gasteiger charge is -2.08. The van der Waals surface area contributed by atoms with Crippen molar-refractivity contribution in [3.05, 3.63) is 57.0 Å². The van der Waals surface area contributed by atoms with Gasteiger partial charge in [-0.25, -0.2) is 0 Å². The van der Waals surface area contributed by atoms with E-state index in [1.165, 1.54) is 0 Å². The molecular weight excluding hydrogens is 372 g/mol. The van der Waals surface area contributed by atoms with Gasteiger partial charge in [-0.3, -0.25) is 5.43 Å². The number of nitrogens with one attached hydrogen (secondary N) is 1. The van der Waals surface area contributed by atoms with Crippen LogP contribution in [0, 0.1) is 0 Å². The SMILES string of the molecule is C/C(=N\Nc1ccccc1)c1cc(Br)cc(Br)c1O. The number of nitrogens with zero attached hydrogens (tertiary/aromatic N) is 1. The Morgan fingerprint density at radius 2 is 1.84 bits per heavy atom. The maximum Gasteiger partial charge on any atom is 0.138 e. The summed E-state index contributed by atoms with van der Waals surface area (Å²) in [6, 6.07) is 13.3. The highest BCUT2D eigenvalue weighted by Gasteiger charge is 2.10. The molecule has 0 aromatic heterocycles. The number of hydrogen-bond acceptors (Lipinski definition) is 3. The number of rotatable bonds is 3. The summed E-state index contributed by atoms with van der Waals surface area (Å²) >= 11 is 6.70. The van der Waals surface area contributed by atoms with E-state index in [9.17, 15) is 5.11 Å². The molecule has 0 heterocycles. The Kier molecular flexibility index (Phi) is 4.61. The molecule has 0 radical (unpaired) electrons. The first-order chi connectivity index (χ1) is 9.08. The van der Waals surface area contributed by atoms with Gasteiger partial charge in [0, 0.05) is 10.0 Å². The third kappa shape index (κ3) is 3.58. The van der Waals surface area contributed by atoms with Crippen molar-refractivity contribution in [3.8, 4) is 5.75 Å². The van der Waals surface area contributed by atoms with E-state index in [1.807, 2.05) is 43.3 Å². The van der Waals surface area contributed by atoms with Crippen molar-refractivity contribution in [1.29, 1.82) is 0 Å². The molecule has 0 spiro atoms. The van der Waals surface area contributed by atoms with Gasteiger partial charge in [-0.2, -0.15) is 5.10 Å². The zero-order valence-corrected chi connectivity index (χ0v) is 13.4. The molecule has 19 heavy (non-hydrogen) atoms. The van der Waals surface area contributed by atoms with Crippen LogP contribution in [-0.2, 0) is 0 Å². The fourth-order valence-electron chi connectivity index (χ4n) is 1.56. The number of hydrazone groups is 1. The molecule has 2 aromatic carbocycles. The number of phenols is 1. The molecule has 0 atom stereocenters. The Morgan fingerprint density at radius 3 is 2.53 bits per heavy atom. The smallest absolute Gasteiger partial charge is 0.138 e. The van der Waals surface area contributed by atoms with E-state index in [2.05, 4.69) is 42.4 Å². The van der Waals surface area contributed by atoms with Gasteiger partial charge in [0.25, 0.3) is 0 Å². The Morgan fingerprint density at radius 1 is 1.16 bits per heavy atom. The van der Waals surface area contributed by atoms with Crippen LogP contribution < -0.4 is 5.43 Å². The summed E-state index contributed by atoms with van der Waals surface area (Å²) in [5, 5.41) is 14.3. The fourth-order valence-corrected chi connectivity index (χ4v) is 2.79. The minimum absolute atomic E-state index is 0.180. The molecular formula is C14H12Br2N2O. The van der Waals surface area contributed by atoms with Crippen molar-refractivity contribution >= 4 is 43.3 Å². The Bertz CT molecular complexity index is 612. The van der Waals surface area contributed by atoms with Crippen LogP contribution >= 0.6 is 31.9 Å². The zero-order valence-electron chi connectivity index (χ0n) is 10.2. The number of anilines is 1. The summed E-state index contributed by atoms with van der Waals surface area (Å²) in [5.74, 6) is 0.180. The third-order valence-electron chi connectivity index (χ3n) is 2.54. The maximum absolute atomic E-state index is 10.0. The minimum Gasteiger partial charge on any atom is -0.506 e. The van der Waals surface area contributed by atoms with Gasteiger partial charge in [-0.05, 0) is 47.1 Å². The highest BCUT2D eigenvalue weighted by molar-refractivity contribution is 9.11. The first-order valence-corrected chi connectivity index (χ1v) is 7.20. The molecule has 0 saturated carbocycles. The molecule has 2 N–H and O–H groups in total.